The van der Waals surface area contributed by atoms with E-state index >= 15 is 0 Å². The molecular formula is C9H9FO2. The second-order valence-electron chi connectivity index (χ2n) is 2.51. The summed E-state index contributed by atoms with van der Waals surface area (Å²) in [5, 5.41) is 0. The van der Waals surface area contributed by atoms with Gasteiger partial charge in [-0.1, -0.05) is 0 Å². The van der Waals surface area contributed by atoms with Gasteiger partial charge in [0.15, 0.2) is 0 Å². The van der Waals surface area contributed by atoms with E-state index in [2.05, 4.69) is 4.74 Å². The molecule has 64 valence electrons. The van der Waals surface area contributed by atoms with E-state index in [4.69, 9.17) is 0 Å². The topological polar surface area (TPSA) is 26.3 Å². The van der Waals surface area contributed by atoms with Crippen molar-refractivity contribution in [3.05, 3.63) is 35.1 Å². The molecular weight excluding hydrogens is 159 g/mol. The molecule has 0 aromatic heterocycles. The van der Waals surface area contributed by atoms with E-state index in [1.165, 1.54) is 13.2 Å². The Balaban J connectivity index is 3.08. The van der Waals surface area contributed by atoms with Crippen LogP contribution in [0.4, 0.5) is 4.39 Å². The number of ether oxygens (including phenoxy) is 1. The van der Waals surface area contributed by atoms with Gasteiger partial charge in [-0.05, 0) is 30.7 Å². The highest BCUT2D eigenvalue weighted by molar-refractivity contribution is 5.89. The Morgan fingerprint density at radius 3 is 2.58 bits per heavy atom. The molecule has 1 aromatic rings. The molecule has 0 spiro atoms. The quantitative estimate of drug-likeness (QED) is 0.599. The molecule has 0 aliphatic heterocycles. The lowest BCUT2D eigenvalue weighted by Crippen LogP contribution is -2.01. The predicted molar refractivity (Wildman–Crippen MR) is 42.5 cm³/mol. The van der Waals surface area contributed by atoms with Crippen LogP contribution >= 0.6 is 0 Å². The largest absolute Gasteiger partial charge is 0.465 e. The molecule has 0 aliphatic rings. The highest BCUT2D eigenvalue weighted by Crippen LogP contribution is 2.08. The molecule has 3 heteroatoms. The summed E-state index contributed by atoms with van der Waals surface area (Å²) in [5.41, 5.74) is 0.949. The number of methoxy groups -OCH3 is 1. The minimum absolute atomic E-state index is 0.245. The van der Waals surface area contributed by atoms with E-state index in [1.54, 1.807) is 13.0 Å². The zero-order valence-electron chi connectivity index (χ0n) is 6.93. The molecule has 0 atom stereocenters. The maximum absolute atomic E-state index is 12.7. The minimum Gasteiger partial charge on any atom is -0.465 e. The molecule has 0 unspecified atom stereocenters. The van der Waals surface area contributed by atoms with Crippen molar-refractivity contribution in [3.8, 4) is 0 Å². The summed E-state index contributed by atoms with van der Waals surface area (Å²) in [4.78, 5) is 10.9. The van der Waals surface area contributed by atoms with E-state index < -0.39 is 11.8 Å². The zero-order valence-corrected chi connectivity index (χ0v) is 6.93. The third kappa shape index (κ3) is 1.81. The fraction of sp³-hybridized carbons (Fsp3) is 0.222. The van der Waals surface area contributed by atoms with Crippen molar-refractivity contribution in [2.45, 2.75) is 6.92 Å². The normalized spacial score (nSPS) is 9.58. The van der Waals surface area contributed by atoms with Crippen LogP contribution in [0.2, 0.25) is 0 Å². The average Bonchev–Trinajstić information content (AvgIpc) is 2.01. The summed E-state index contributed by atoms with van der Waals surface area (Å²) < 4.78 is 17.2. The van der Waals surface area contributed by atoms with Gasteiger partial charge >= 0.3 is 5.97 Å². The molecule has 0 amide bonds. The first-order valence-electron chi connectivity index (χ1n) is 3.49. The second kappa shape index (κ2) is 3.34. The molecule has 0 radical (unpaired) electrons. The number of hydrogen-bond acceptors (Lipinski definition) is 2. The lowest BCUT2D eigenvalue weighted by Gasteiger charge is -2.00. The fourth-order valence-corrected chi connectivity index (χ4v) is 0.972. The Morgan fingerprint density at radius 2 is 2.08 bits per heavy atom. The number of carbonyl (C=O) groups is 1. The Kier molecular flexibility index (Phi) is 2.43. The monoisotopic (exact) mass is 168 g/mol. The Morgan fingerprint density at radius 1 is 1.42 bits per heavy atom. The summed E-state index contributed by atoms with van der Waals surface area (Å²) in [5.74, 6) is -0.937. The van der Waals surface area contributed by atoms with Crippen molar-refractivity contribution in [3.63, 3.8) is 0 Å². The number of benzene rings is 1. The molecule has 0 saturated heterocycles. The predicted octanol–water partition coefficient (Wildman–Crippen LogP) is 1.92. The standard InChI is InChI=1S/C9H9FO2/c1-6-3-7(9(11)12-2)5-8(10)4-6/h3-5H,1-2H3. The Hall–Kier alpha value is -1.38. The first-order chi connectivity index (χ1) is 5.63. The third-order valence-electron chi connectivity index (χ3n) is 1.46. The van der Waals surface area contributed by atoms with Gasteiger partial charge in [0.05, 0.1) is 12.7 Å². The average molecular weight is 168 g/mol. The third-order valence-corrected chi connectivity index (χ3v) is 1.46. The molecule has 0 N–H and O–H groups in total. The molecule has 0 aliphatic carbocycles. The van der Waals surface area contributed by atoms with Gasteiger partial charge in [0.25, 0.3) is 0 Å². The molecule has 1 aromatic carbocycles. The molecule has 2 nitrogen and oxygen atoms in total. The van der Waals surface area contributed by atoms with Crippen LogP contribution in [0.3, 0.4) is 0 Å². The van der Waals surface area contributed by atoms with Crippen molar-refractivity contribution < 1.29 is 13.9 Å². The van der Waals surface area contributed by atoms with Crippen molar-refractivity contribution in [1.29, 1.82) is 0 Å². The first-order valence-corrected chi connectivity index (χ1v) is 3.49. The van der Waals surface area contributed by atoms with Crippen molar-refractivity contribution in [2.24, 2.45) is 0 Å². The van der Waals surface area contributed by atoms with Gasteiger partial charge in [0.2, 0.25) is 0 Å². The van der Waals surface area contributed by atoms with Crippen molar-refractivity contribution in [2.75, 3.05) is 7.11 Å². The number of halogens is 1. The highest BCUT2D eigenvalue weighted by atomic mass is 19.1. The van der Waals surface area contributed by atoms with E-state index in [0.717, 1.165) is 6.07 Å². The molecule has 0 saturated carbocycles. The molecule has 0 bridgehead atoms. The highest BCUT2D eigenvalue weighted by Gasteiger charge is 2.06. The van der Waals surface area contributed by atoms with Crippen molar-refractivity contribution >= 4 is 5.97 Å². The summed E-state index contributed by atoms with van der Waals surface area (Å²) in [6.45, 7) is 1.72. The lowest BCUT2D eigenvalue weighted by molar-refractivity contribution is 0.0600. The van der Waals surface area contributed by atoms with E-state index in [1.807, 2.05) is 0 Å². The summed E-state index contributed by atoms with van der Waals surface area (Å²) >= 11 is 0. The van der Waals surface area contributed by atoms with Crippen LogP contribution in [0.25, 0.3) is 0 Å². The van der Waals surface area contributed by atoms with Crippen LogP contribution in [0, 0.1) is 12.7 Å². The van der Waals surface area contributed by atoms with Crippen LogP contribution < -0.4 is 0 Å². The van der Waals surface area contributed by atoms with Crippen LogP contribution in [0.15, 0.2) is 18.2 Å². The van der Waals surface area contributed by atoms with Crippen LogP contribution in [-0.2, 0) is 4.74 Å². The Bertz CT molecular complexity index is 287. The van der Waals surface area contributed by atoms with Gasteiger partial charge in [0.1, 0.15) is 5.82 Å². The summed E-state index contributed by atoms with van der Waals surface area (Å²) in [6.07, 6.45) is 0. The Labute approximate surface area is 70.0 Å². The van der Waals surface area contributed by atoms with Gasteiger partial charge in [-0.3, -0.25) is 0 Å². The number of carbonyl (C=O) groups excluding carboxylic acids is 1. The van der Waals surface area contributed by atoms with E-state index in [0.29, 0.717) is 5.56 Å². The van der Waals surface area contributed by atoms with Gasteiger partial charge in [-0.15, -0.1) is 0 Å². The fourth-order valence-electron chi connectivity index (χ4n) is 0.972. The van der Waals surface area contributed by atoms with Gasteiger partial charge in [-0.2, -0.15) is 0 Å². The van der Waals surface area contributed by atoms with E-state index in [9.17, 15) is 9.18 Å². The summed E-state index contributed by atoms with van der Waals surface area (Å²) in [7, 11) is 1.27. The lowest BCUT2D eigenvalue weighted by atomic mass is 10.1. The minimum atomic E-state index is -0.516. The summed E-state index contributed by atoms with van der Waals surface area (Å²) in [6, 6.07) is 4.08. The van der Waals surface area contributed by atoms with Gasteiger partial charge in [0, 0.05) is 0 Å². The van der Waals surface area contributed by atoms with E-state index in [-0.39, 0.29) is 5.56 Å². The number of esters is 1. The molecule has 12 heavy (non-hydrogen) atoms. The van der Waals surface area contributed by atoms with Crippen molar-refractivity contribution in [1.82, 2.24) is 0 Å². The molecule has 1 rings (SSSR count). The number of rotatable bonds is 1. The maximum atomic E-state index is 12.7. The van der Waals surface area contributed by atoms with Crippen LogP contribution in [0.1, 0.15) is 15.9 Å². The maximum Gasteiger partial charge on any atom is 0.337 e. The molecule has 0 fully saturated rings. The van der Waals surface area contributed by atoms with Crippen LogP contribution in [0.5, 0.6) is 0 Å². The second-order valence-corrected chi connectivity index (χ2v) is 2.51. The SMILES string of the molecule is COC(=O)c1cc(C)cc(F)c1. The van der Waals surface area contributed by atoms with Gasteiger partial charge < -0.3 is 4.74 Å². The number of hydrogen-bond donors (Lipinski definition) is 0. The van der Waals surface area contributed by atoms with Crippen LogP contribution in [-0.4, -0.2) is 13.1 Å². The number of aryl methyl sites for hydroxylation is 1. The first kappa shape index (κ1) is 8.71. The van der Waals surface area contributed by atoms with Gasteiger partial charge in [-0.25, -0.2) is 9.18 Å². The smallest absolute Gasteiger partial charge is 0.337 e. The molecule has 0 heterocycles. The zero-order chi connectivity index (χ0) is 9.14.